The van der Waals surface area contributed by atoms with Gasteiger partial charge >= 0.3 is 0 Å². The Balaban J connectivity index is 1.98. The summed E-state index contributed by atoms with van der Waals surface area (Å²) in [5.41, 5.74) is 1.02. The molecule has 29 heavy (non-hydrogen) atoms. The van der Waals surface area contributed by atoms with Crippen LogP contribution in [0.1, 0.15) is 18.9 Å². The van der Waals surface area contributed by atoms with Crippen molar-refractivity contribution in [1.29, 1.82) is 5.26 Å². The summed E-state index contributed by atoms with van der Waals surface area (Å²) in [7, 11) is -3.30. The van der Waals surface area contributed by atoms with Gasteiger partial charge in [0.2, 0.25) is 0 Å². The second-order valence-electron chi connectivity index (χ2n) is 6.88. The van der Waals surface area contributed by atoms with Gasteiger partial charge in [0.05, 0.1) is 17.5 Å². The lowest BCUT2D eigenvalue weighted by atomic mass is 9.92. The smallest absolute Gasteiger partial charge is 0.271 e. The number of amides is 2. The number of nitriles is 1. The maximum absolute atomic E-state index is 13.1. The molecular weight excluding hydrogens is 392 g/mol. The zero-order chi connectivity index (χ0) is 21.2. The fraction of sp³-hybridized carbons (Fsp3) is 0.286. The van der Waals surface area contributed by atoms with Crippen molar-refractivity contribution in [3.63, 3.8) is 0 Å². The van der Waals surface area contributed by atoms with Crippen molar-refractivity contribution in [2.24, 2.45) is 0 Å². The second-order valence-corrected chi connectivity index (χ2v) is 9.10. The average molecular weight is 412 g/mol. The van der Waals surface area contributed by atoms with E-state index in [4.69, 9.17) is 4.74 Å². The van der Waals surface area contributed by atoms with E-state index >= 15 is 0 Å². The Bertz CT molecular complexity index is 1080. The molecule has 1 atom stereocenters. The van der Waals surface area contributed by atoms with Crippen LogP contribution >= 0.6 is 0 Å². The largest absolute Gasteiger partial charge is 0.490 e. The Morgan fingerprint density at radius 3 is 2.52 bits per heavy atom. The summed E-state index contributed by atoms with van der Waals surface area (Å²) in [6, 6.07) is 8.08. The molecule has 1 aromatic carbocycles. The Hall–Kier alpha value is -3.18. The molecule has 8 heteroatoms. The average Bonchev–Trinajstić information content (AvgIpc) is 3.04. The monoisotopic (exact) mass is 412 g/mol. The lowest BCUT2D eigenvalue weighted by Gasteiger charge is -2.31. The summed E-state index contributed by atoms with van der Waals surface area (Å²) < 4.78 is 29.1. The summed E-state index contributed by atoms with van der Waals surface area (Å²) >= 11 is 0. The van der Waals surface area contributed by atoms with E-state index in [-0.39, 0.29) is 34.6 Å². The minimum atomic E-state index is -3.30. The van der Waals surface area contributed by atoms with Crippen molar-refractivity contribution in [3.05, 3.63) is 59.2 Å². The van der Waals surface area contributed by atoms with Crippen LogP contribution in [-0.4, -0.2) is 49.3 Å². The normalized spacial score (nSPS) is 22.7. The maximum atomic E-state index is 13.1. The van der Waals surface area contributed by atoms with Crippen LogP contribution in [0.2, 0.25) is 0 Å². The minimum Gasteiger partial charge on any atom is -0.490 e. The highest BCUT2D eigenvalue weighted by molar-refractivity contribution is 7.91. The van der Waals surface area contributed by atoms with E-state index in [1.807, 2.05) is 6.07 Å². The van der Waals surface area contributed by atoms with Crippen LogP contribution < -0.4 is 4.74 Å². The molecule has 1 aromatic rings. The molecule has 0 unspecified atom stereocenters. The fourth-order valence-corrected chi connectivity index (χ4v) is 5.09. The third kappa shape index (κ3) is 4.15. The first-order valence-electron chi connectivity index (χ1n) is 9.02. The topological polar surface area (TPSA) is 105 Å². The van der Waals surface area contributed by atoms with Crippen molar-refractivity contribution in [3.8, 4) is 11.8 Å². The maximum Gasteiger partial charge on any atom is 0.271 e. The number of carbonyl (C=O) groups is 2. The summed E-state index contributed by atoms with van der Waals surface area (Å²) in [4.78, 5) is 26.7. The summed E-state index contributed by atoms with van der Waals surface area (Å²) in [6.45, 7) is 5.50. The number of ether oxygens (including phenoxy) is 1. The number of hydrogen-bond donors (Lipinski definition) is 0. The van der Waals surface area contributed by atoms with E-state index in [0.29, 0.717) is 17.9 Å². The minimum absolute atomic E-state index is 0.0788. The van der Waals surface area contributed by atoms with Crippen molar-refractivity contribution in [2.75, 3.05) is 18.1 Å². The lowest BCUT2D eigenvalue weighted by Crippen LogP contribution is -2.49. The molecule has 0 bridgehead atoms. The molecule has 2 amide bonds. The van der Waals surface area contributed by atoms with Crippen molar-refractivity contribution in [1.82, 2.24) is 4.90 Å². The van der Waals surface area contributed by atoms with Gasteiger partial charge in [0.25, 0.3) is 11.8 Å². The van der Waals surface area contributed by atoms with Crippen LogP contribution in [-0.2, 0) is 19.4 Å². The molecule has 3 rings (SSSR count). The first-order chi connectivity index (χ1) is 13.8. The van der Waals surface area contributed by atoms with Gasteiger partial charge in [0, 0.05) is 5.57 Å². The quantitative estimate of drug-likeness (QED) is 0.416. The zero-order valence-corrected chi connectivity index (χ0v) is 16.7. The van der Waals surface area contributed by atoms with E-state index in [1.165, 1.54) is 0 Å². The van der Waals surface area contributed by atoms with Crippen LogP contribution in [0.5, 0.6) is 5.75 Å². The van der Waals surface area contributed by atoms with E-state index in [9.17, 15) is 23.3 Å². The van der Waals surface area contributed by atoms with Gasteiger partial charge in [-0.2, -0.15) is 5.26 Å². The van der Waals surface area contributed by atoms with Gasteiger partial charge in [-0.3, -0.25) is 14.5 Å². The molecule has 2 aliphatic rings. The third-order valence-electron chi connectivity index (χ3n) is 4.91. The van der Waals surface area contributed by atoms with Gasteiger partial charge in [-0.15, -0.1) is 0 Å². The third-order valence-corrected chi connectivity index (χ3v) is 6.66. The molecule has 0 spiro atoms. The number of imide groups is 1. The molecule has 2 aliphatic heterocycles. The van der Waals surface area contributed by atoms with E-state index in [2.05, 4.69) is 6.58 Å². The number of sulfone groups is 1. The highest BCUT2D eigenvalue weighted by Gasteiger charge is 2.43. The molecule has 150 valence electrons. The Labute approximate surface area is 169 Å². The second kappa shape index (κ2) is 8.05. The number of rotatable bonds is 5. The number of nitrogens with zero attached hydrogens (tertiary/aromatic N) is 2. The van der Waals surface area contributed by atoms with Crippen LogP contribution in [0.15, 0.2) is 53.6 Å². The molecular formula is C21H20N2O5S. The molecule has 0 saturated carbocycles. The van der Waals surface area contributed by atoms with E-state index < -0.39 is 27.7 Å². The van der Waals surface area contributed by atoms with Crippen LogP contribution in [0, 0.1) is 11.3 Å². The van der Waals surface area contributed by atoms with Gasteiger partial charge in [0.1, 0.15) is 24.0 Å². The summed E-state index contributed by atoms with van der Waals surface area (Å²) in [6.07, 6.45) is 3.40. The first kappa shape index (κ1) is 20.6. The number of carbonyl (C=O) groups excluding carboxylic acids is 2. The van der Waals surface area contributed by atoms with E-state index in [0.717, 1.165) is 4.90 Å². The van der Waals surface area contributed by atoms with Gasteiger partial charge < -0.3 is 4.74 Å². The Kier molecular flexibility index (Phi) is 5.71. The van der Waals surface area contributed by atoms with Crippen LogP contribution in [0.25, 0.3) is 6.08 Å². The molecule has 0 aliphatic carbocycles. The molecule has 7 nitrogen and oxygen atoms in total. The molecule has 1 saturated heterocycles. The summed E-state index contributed by atoms with van der Waals surface area (Å²) in [5.74, 6) is -1.03. The Morgan fingerprint density at radius 2 is 1.97 bits per heavy atom. The SMILES string of the molecule is C=CCOc1ccc(/C=C2/C(=O)N([C@H]3CCS(=O)(=O)C3)C(=O)C(C#N)=C2C)cc1. The highest BCUT2D eigenvalue weighted by atomic mass is 32.2. The standard InChI is InChI=1S/C21H20N2O5S/c1-3-9-28-17-6-4-15(5-7-17)11-18-14(2)19(12-22)21(25)23(20(18)24)16-8-10-29(26,27)13-16/h3-7,11,16H,1,8-10,13H2,2H3/b18-11+/t16-/m0/s1. The molecule has 0 radical (unpaired) electrons. The zero-order valence-electron chi connectivity index (χ0n) is 15.9. The molecule has 0 aromatic heterocycles. The Morgan fingerprint density at radius 1 is 1.28 bits per heavy atom. The molecule has 2 heterocycles. The van der Waals surface area contributed by atoms with Crippen molar-refractivity contribution in [2.45, 2.75) is 19.4 Å². The lowest BCUT2D eigenvalue weighted by molar-refractivity contribution is -0.142. The highest BCUT2D eigenvalue weighted by Crippen LogP contribution is 2.31. The first-order valence-corrected chi connectivity index (χ1v) is 10.8. The summed E-state index contributed by atoms with van der Waals surface area (Å²) in [5, 5.41) is 9.45. The number of benzene rings is 1. The molecule has 0 N–H and O–H groups in total. The van der Waals surface area contributed by atoms with Gasteiger partial charge in [-0.25, -0.2) is 8.42 Å². The van der Waals surface area contributed by atoms with E-state index in [1.54, 1.807) is 43.3 Å². The van der Waals surface area contributed by atoms with Crippen LogP contribution in [0.3, 0.4) is 0 Å². The van der Waals surface area contributed by atoms with Gasteiger partial charge in [0.15, 0.2) is 9.84 Å². The van der Waals surface area contributed by atoms with Crippen molar-refractivity contribution >= 4 is 27.7 Å². The van der Waals surface area contributed by atoms with Gasteiger partial charge in [-0.05, 0) is 42.7 Å². The van der Waals surface area contributed by atoms with Crippen molar-refractivity contribution < 1.29 is 22.7 Å². The fourth-order valence-electron chi connectivity index (χ4n) is 3.39. The number of hydrogen-bond acceptors (Lipinski definition) is 6. The predicted octanol–water partition coefficient (Wildman–Crippen LogP) is 2.03. The van der Waals surface area contributed by atoms with Gasteiger partial charge in [-0.1, -0.05) is 24.8 Å². The molecule has 1 fully saturated rings. The van der Waals surface area contributed by atoms with Crippen LogP contribution in [0.4, 0.5) is 0 Å². The predicted molar refractivity (Wildman–Crippen MR) is 107 cm³/mol.